The maximum Gasteiger partial charge on any atom is 0.144 e. The lowest BCUT2D eigenvalue weighted by Gasteiger charge is -2.22. The molecule has 1 saturated carbocycles. The summed E-state index contributed by atoms with van der Waals surface area (Å²) in [5.41, 5.74) is 7.67. The summed E-state index contributed by atoms with van der Waals surface area (Å²) < 4.78 is 6.53. The molecule has 3 aromatic carbocycles. The molecule has 0 unspecified atom stereocenters. The van der Waals surface area contributed by atoms with Crippen molar-refractivity contribution < 1.29 is 4.42 Å². The first-order valence-electron chi connectivity index (χ1n) is 11.3. The molecule has 0 saturated heterocycles. The molecule has 152 valence electrons. The van der Waals surface area contributed by atoms with E-state index < -0.39 is 0 Å². The van der Waals surface area contributed by atoms with E-state index in [0.29, 0.717) is 0 Å². The third-order valence-electron chi connectivity index (χ3n) is 6.76. The van der Waals surface area contributed by atoms with Crippen molar-refractivity contribution in [1.82, 2.24) is 4.98 Å². The third kappa shape index (κ3) is 3.23. The summed E-state index contributed by atoms with van der Waals surface area (Å²) in [5.74, 6) is 0.728. The van der Waals surface area contributed by atoms with E-state index in [1.165, 1.54) is 43.2 Å². The van der Waals surface area contributed by atoms with Crippen LogP contribution in [0.3, 0.4) is 0 Å². The predicted octanol–water partition coefficient (Wildman–Crippen LogP) is 8.36. The Morgan fingerprint density at radius 1 is 0.645 bits per heavy atom. The molecule has 0 radical (unpaired) electrons. The number of rotatable bonds is 3. The van der Waals surface area contributed by atoms with E-state index in [1.807, 2.05) is 24.4 Å². The van der Waals surface area contributed by atoms with Gasteiger partial charge in [0.1, 0.15) is 11.2 Å². The van der Waals surface area contributed by atoms with E-state index in [0.717, 1.165) is 44.7 Å². The largest absolute Gasteiger partial charge is 0.455 e. The first-order chi connectivity index (χ1) is 15.4. The normalized spacial score (nSPS) is 15.0. The van der Waals surface area contributed by atoms with Gasteiger partial charge in [0.05, 0.1) is 5.69 Å². The highest BCUT2D eigenvalue weighted by molar-refractivity contribution is 6.12. The Hall–Kier alpha value is -3.39. The number of fused-ring (bicyclic) bond motifs is 3. The number of hydrogen-bond donors (Lipinski definition) is 0. The molecule has 31 heavy (non-hydrogen) atoms. The second-order valence-corrected chi connectivity index (χ2v) is 8.64. The number of aromatic nitrogens is 1. The maximum atomic E-state index is 6.53. The molecule has 1 aliphatic carbocycles. The van der Waals surface area contributed by atoms with Crippen molar-refractivity contribution in [2.75, 3.05) is 0 Å². The molecule has 0 aliphatic heterocycles. The summed E-state index contributed by atoms with van der Waals surface area (Å²) in [6.07, 6.45) is 8.61. The van der Waals surface area contributed by atoms with Crippen LogP contribution in [0.2, 0.25) is 0 Å². The van der Waals surface area contributed by atoms with Crippen LogP contribution in [0.25, 0.3) is 44.3 Å². The summed E-state index contributed by atoms with van der Waals surface area (Å²) in [6, 6.07) is 28.0. The Bertz CT molecular complexity index is 1340. The fourth-order valence-corrected chi connectivity index (χ4v) is 5.14. The summed E-state index contributed by atoms with van der Waals surface area (Å²) in [6.45, 7) is 0. The molecular weight excluding hydrogens is 378 g/mol. The molecule has 0 N–H and O–H groups in total. The standard InChI is InChI=1S/C29H25NO/c1-2-8-20(9-3-1)21-15-17-22(18-16-21)23-10-6-11-24-25-12-7-13-26(29(25)31-28(23)24)27-14-4-5-19-30-27/h4-7,10-20H,1-3,8-9H2. The molecule has 5 aromatic rings. The minimum absolute atomic E-state index is 0.728. The van der Waals surface area contributed by atoms with Crippen LogP contribution in [-0.4, -0.2) is 4.98 Å². The molecular formula is C29H25NO. The average Bonchev–Trinajstić information content (AvgIpc) is 3.24. The summed E-state index contributed by atoms with van der Waals surface area (Å²) in [7, 11) is 0. The van der Waals surface area contributed by atoms with E-state index in [4.69, 9.17) is 4.42 Å². The molecule has 0 atom stereocenters. The fourth-order valence-electron chi connectivity index (χ4n) is 5.14. The van der Waals surface area contributed by atoms with Gasteiger partial charge < -0.3 is 4.42 Å². The van der Waals surface area contributed by atoms with Gasteiger partial charge in [-0.25, -0.2) is 0 Å². The van der Waals surface area contributed by atoms with Gasteiger partial charge in [0.25, 0.3) is 0 Å². The zero-order chi connectivity index (χ0) is 20.6. The van der Waals surface area contributed by atoms with Crippen molar-refractivity contribution in [2.45, 2.75) is 38.0 Å². The van der Waals surface area contributed by atoms with Crippen molar-refractivity contribution in [2.24, 2.45) is 0 Å². The van der Waals surface area contributed by atoms with Crippen molar-refractivity contribution in [3.05, 3.63) is 90.6 Å². The van der Waals surface area contributed by atoms with E-state index in [2.05, 4.69) is 65.6 Å². The zero-order valence-corrected chi connectivity index (χ0v) is 17.6. The minimum Gasteiger partial charge on any atom is -0.455 e. The van der Waals surface area contributed by atoms with Crippen LogP contribution in [0.4, 0.5) is 0 Å². The molecule has 2 aromatic heterocycles. The van der Waals surface area contributed by atoms with Crippen LogP contribution in [0.15, 0.2) is 89.5 Å². The van der Waals surface area contributed by atoms with E-state index in [9.17, 15) is 0 Å². The van der Waals surface area contributed by atoms with E-state index in [1.54, 1.807) is 0 Å². The quantitative estimate of drug-likeness (QED) is 0.302. The Morgan fingerprint density at radius 3 is 2.06 bits per heavy atom. The predicted molar refractivity (Wildman–Crippen MR) is 128 cm³/mol. The molecule has 6 rings (SSSR count). The lowest BCUT2D eigenvalue weighted by molar-refractivity contribution is 0.443. The first-order valence-corrected chi connectivity index (χ1v) is 11.3. The maximum absolute atomic E-state index is 6.53. The number of nitrogens with zero attached hydrogens (tertiary/aromatic N) is 1. The van der Waals surface area contributed by atoms with E-state index >= 15 is 0 Å². The molecule has 1 aliphatic rings. The smallest absolute Gasteiger partial charge is 0.144 e. The van der Waals surface area contributed by atoms with Gasteiger partial charge in [-0.05, 0) is 48.1 Å². The highest BCUT2D eigenvalue weighted by Crippen LogP contribution is 2.40. The highest BCUT2D eigenvalue weighted by Gasteiger charge is 2.17. The van der Waals surface area contributed by atoms with Crippen molar-refractivity contribution in [3.63, 3.8) is 0 Å². The number of hydrogen-bond acceptors (Lipinski definition) is 2. The van der Waals surface area contributed by atoms with Crippen LogP contribution in [-0.2, 0) is 0 Å². The van der Waals surface area contributed by atoms with Crippen LogP contribution in [0.5, 0.6) is 0 Å². The van der Waals surface area contributed by atoms with Crippen LogP contribution in [0.1, 0.15) is 43.6 Å². The van der Waals surface area contributed by atoms with Crippen LogP contribution < -0.4 is 0 Å². The summed E-state index contributed by atoms with van der Waals surface area (Å²) >= 11 is 0. The van der Waals surface area contributed by atoms with E-state index in [-0.39, 0.29) is 0 Å². The molecule has 0 spiro atoms. The lowest BCUT2D eigenvalue weighted by atomic mass is 9.83. The van der Waals surface area contributed by atoms with Gasteiger partial charge in [-0.2, -0.15) is 0 Å². The first kappa shape index (κ1) is 18.4. The van der Waals surface area contributed by atoms with Gasteiger partial charge >= 0.3 is 0 Å². The minimum atomic E-state index is 0.728. The Labute approximate surface area is 182 Å². The molecule has 0 bridgehead atoms. The summed E-state index contributed by atoms with van der Waals surface area (Å²) in [5, 5.41) is 2.29. The zero-order valence-electron chi connectivity index (χ0n) is 17.6. The topological polar surface area (TPSA) is 26.0 Å². The number of benzene rings is 3. The average molecular weight is 404 g/mol. The molecule has 2 nitrogen and oxygen atoms in total. The Balaban J connectivity index is 1.47. The Morgan fingerprint density at radius 2 is 1.35 bits per heavy atom. The second-order valence-electron chi connectivity index (χ2n) is 8.64. The third-order valence-corrected chi connectivity index (χ3v) is 6.76. The van der Waals surface area contributed by atoms with Crippen LogP contribution >= 0.6 is 0 Å². The van der Waals surface area contributed by atoms with Crippen molar-refractivity contribution in [3.8, 4) is 22.4 Å². The van der Waals surface area contributed by atoms with Gasteiger partial charge in [-0.3, -0.25) is 4.98 Å². The van der Waals surface area contributed by atoms with Gasteiger partial charge in [-0.1, -0.05) is 79.9 Å². The van der Waals surface area contributed by atoms with Gasteiger partial charge in [-0.15, -0.1) is 0 Å². The number of para-hydroxylation sites is 2. The molecule has 2 heterocycles. The monoisotopic (exact) mass is 403 g/mol. The second kappa shape index (κ2) is 7.70. The number of furan rings is 1. The Kier molecular flexibility index (Phi) is 4.57. The fraction of sp³-hybridized carbons (Fsp3) is 0.207. The lowest BCUT2D eigenvalue weighted by Crippen LogP contribution is -2.04. The van der Waals surface area contributed by atoms with Crippen molar-refractivity contribution >= 4 is 21.9 Å². The SMILES string of the molecule is c1ccc(-c2cccc3c2oc2c(-c4ccc(C5CCCCC5)cc4)cccc23)nc1. The molecule has 1 fully saturated rings. The number of pyridine rings is 1. The van der Waals surface area contributed by atoms with Gasteiger partial charge in [0.2, 0.25) is 0 Å². The van der Waals surface area contributed by atoms with Crippen LogP contribution in [0, 0.1) is 0 Å². The van der Waals surface area contributed by atoms with Gasteiger partial charge in [0.15, 0.2) is 0 Å². The molecule has 2 heteroatoms. The van der Waals surface area contributed by atoms with Gasteiger partial charge in [0, 0.05) is 28.1 Å². The van der Waals surface area contributed by atoms with Crippen molar-refractivity contribution in [1.29, 1.82) is 0 Å². The molecule has 0 amide bonds. The highest BCUT2D eigenvalue weighted by atomic mass is 16.3. The summed E-state index contributed by atoms with van der Waals surface area (Å²) in [4.78, 5) is 4.54.